The third-order valence-electron chi connectivity index (χ3n) is 3.22. The lowest BCUT2D eigenvalue weighted by Gasteiger charge is -2.28. The molecule has 1 rings (SSSR count). The molecule has 0 N–H and O–H groups in total. The zero-order chi connectivity index (χ0) is 13.2. The summed E-state index contributed by atoms with van der Waals surface area (Å²) in [6.45, 7) is 3.51. The van der Waals surface area contributed by atoms with Gasteiger partial charge in [0.2, 0.25) is 11.1 Å². The zero-order valence-corrected chi connectivity index (χ0v) is 10.8. The highest BCUT2D eigenvalue weighted by Crippen LogP contribution is 2.47. The van der Waals surface area contributed by atoms with Gasteiger partial charge in [0.15, 0.2) is 0 Å². The Morgan fingerprint density at radius 1 is 1.35 bits per heavy atom. The summed E-state index contributed by atoms with van der Waals surface area (Å²) in [6.07, 6.45) is 0.865. The van der Waals surface area contributed by atoms with E-state index in [1.165, 1.54) is 0 Å². The maximum absolute atomic E-state index is 13.8. The van der Waals surface area contributed by atoms with Gasteiger partial charge in [0.05, 0.1) is 7.11 Å². The topological polar surface area (TPSA) is 35.5 Å². The molecule has 0 aromatic heterocycles. The second kappa shape index (κ2) is 5.67. The van der Waals surface area contributed by atoms with E-state index in [2.05, 4.69) is 9.22 Å². The van der Waals surface area contributed by atoms with E-state index >= 15 is 0 Å². The lowest BCUT2D eigenvalue weighted by Crippen LogP contribution is -2.42. The van der Waals surface area contributed by atoms with Crippen LogP contribution in [0.15, 0.2) is 0 Å². The SMILES string of the molecule is COOS(=O)C(F)C(F)(F)C1CC(C)CC1C. The molecule has 0 aliphatic heterocycles. The van der Waals surface area contributed by atoms with Crippen molar-refractivity contribution in [2.75, 3.05) is 7.11 Å². The first kappa shape index (κ1) is 14.9. The molecule has 102 valence electrons. The summed E-state index contributed by atoms with van der Waals surface area (Å²) in [5.41, 5.74) is -2.86. The van der Waals surface area contributed by atoms with E-state index in [-0.39, 0.29) is 18.3 Å². The molecule has 7 heteroatoms. The van der Waals surface area contributed by atoms with Crippen LogP contribution in [0.3, 0.4) is 0 Å². The van der Waals surface area contributed by atoms with Gasteiger partial charge in [0, 0.05) is 5.92 Å². The molecule has 5 unspecified atom stereocenters. The van der Waals surface area contributed by atoms with Gasteiger partial charge in [-0.3, -0.25) is 0 Å². The number of hydrogen-bond acceptors (Lipinski definition) is 3. The fourth-order valence-electron chi connectivity index (χ4n) is 2.50. The Labute approximate surface area is 101 Å². The van der Waals surface area contributed by atoms with Crippen LogP contribution in [0.5, 0.6) is 0 Å². The summed E-state index contributed by atoms with van der Waals surface area (Å²) < 4.78 is 56.1. The van der Waals surface area contributed by atoms with Crippen LogP contribution in [0, 0.1) is 17.8 Å². The van der Waals surface area contributed by atoms with Crippen molar-refractivity contribution in [1.82, 2.24) is 0 Å². The summed E-state index contributed by atoms with van der Waals surface area (Å²) in [7, 11) is 0.989. The van der Waals surface area contributed by atoms with E-state index in [4.69, 9.17) is 0 Å². The molecular weight excluding hydrogens is 257 g/mol. The van der Waals surface area contributed by atoms with Gasteiger partial charge >= 0.3 is 0 Å². The summed E-state index contributed by atoms with van der Waals surface area (Å²) in [5, 5.41) is 0. The lowest BCUT2D eigenvalue weighted by molar-refractivity contribution is -0.175. The standard InChI is InChI=1S/C10H17F3O3S/c1-6-4-7(2)8(5-6)10(12,13)9(11)17(14)16-15-3/h6-9H,4-5H2,1-3H3. The molecule has 0 heterocycles. The van der Waals surface area contributed by atoms with E-state index in [0.29, 0.717) is 6.42 Å². The van der Waals surface area contributed by atoms with E-state index < -0.39 is 28.4 Å². The van der Waals surface area contributed by atoms with Crippen LogP contribution in [-0.4, -0.2) is 22.7 Å². The van der Waals surface area contributed by atoms with Gasteiger partial charge in [-0.2, -0.15) is 0 Å². The number of rotatable bonds is 5. The van der Waals surface area contributed by atoms with Crippen LogP contribution in [0.2, 0.25) is 0 Å². The highest BCUT2D eigenvalue weighted by atomic mass is 32.2. The molecule has 0 aromatic rings. The molecule has 0 radical (unpaired) electrons. The quantitative estimate of drug-likeness (QED) is 0.571. The minimum Gasteiger partial charge on any atom is -0.225 e. The Morgan fingerprint density at radius 2 is 1.94 bits per heavy atom. The third-order valence-corrected chi connectivity index (χ3v) is 4.14. The average molecular weight is 274 g/mol. The van der Waals surface area contributed by atoms with Gasteiger partial charge in [-0.15, -0.1) is 4.33 Å². The molecule has 0 amide bonds. The molecular formula is C10H17F3O3S. The van der Waals surface area contributed by atoms with Crippen LogP contribution >= 0.6 is 0 Å². The normalized spacial score (nSPS) is 33.6. The summed E-state index contributed by atoms with van der Waals surface area (Å²) in [4.78, 5) is 3.96. The Morgan fingerprint density at radius 3 is 2.35 bits per heavy atom. The fourth-order valence-corrected chi connectivity index (χ4v) is 3.13. The first-order chi connectivity index (χ1) is 7.80. The van der Waals surface area contributed by atoms with E-state index in [1.807, 2.05) is 6.92 Å². The largest absolute Gasteiger partial charge is 0.296 e. The molecule has 0 aromatic carbocycles. The zero-order valence-electron chi connectivity index (χ0n) is 9.99. The summed E-state index contributed by atoms with van der Waals surface area (Å²) >= 11 is -2.80. The van der Waals surface area contributed by atoms with Gasteiger partial charge in [0.25, 0.3) is 11.4 Å². The number of hydrogen-bond donors (Lipinski definition) is 0. The fraction of sp³-hybridized carbons (Fsp3) is 1.00. The first-order valence-electron chi connectivity index (χ1n) is 5.44. The van der Waals surface area contributed by atoms with E-state index in [0.717, 1.165) is 7.11 Å². The molecule has 0 saturated heterocycles. The smallest absolute Gasteiger partial charge is 0.225 e. The number of halogens is 3. The Hall–Kier alpha value is -0.140. The summed E-state index contributed by atoms with van der Waals surface area (Å²) in [5.74, 6) is -4.92. The first-order valence-corrected chi connectivity index (χ1v) is 6.58. The minimum atomic E-state index is -3.66. The summed E-state index contributed by atoms with van der Waals surface area (Å²) in [6, 6.07) is 0. The van der Waals surface area contributed by atoms with Gasteiger partial charge in [-0.1, -0.05) is 13.8 Å². The van der Waals surface area contributed by atoms with Gasteiger partial charge < -0.3 is 0 Å². The van der Waals surface area contributed by atoms with Crippen LogP contribution in [0.25, 0.3) is 0 Å². The molecule has 1 aliphatic rings. The van der Waals surface area contributed by atoms with E-state index in [9.17, 15) is 17.4 Å². The van der Waals surface area contributed by atoms with Crippen molar-refractivity contribution in [3.63, 3.8) is 0 Å². The van der Waals surface area contributed by atoms with Gasteiger partial charge in [0.1, 0.15) is 0 Å². The molecule has 5 atom stereocenters. The van der Waals surface area contributed by atoms with Crippen molar-refractivity contribution in [2.45, 2.75) is 38.1 Å². The maximum atomic E-state index is 13.8. The van der Waals surface area contributed by atoms with Crippen molar-refractivity contribution in [3.05, 3.63) is 0 Å². The van der Waals surface area contributed by atoms with Crippen LogP contribution < -0.4 is 0 Å². The van der Waals surface area contributed by atoms with Gasteiger partial charge in [-0.25, -0.2) is 22.3 Å². The number of alkyl halides is 3. The second-order valence-electron chi connectivity index (χ2n) is 4.65. The molecule has 17 heavy (non-hydrogen) atoms. The molecule has 1 saturated carbocycles. The minimum absolute atomic E-state index is 0.129. The third kappa shape index (κ3) is 3.20. The predicted molar refractivity (Wildman–Crippen MR) is 57.1 cm³/mol. The predicted octanol–water partition coefficient (Wildman–Crippen LogP) is 2.84. The molecule has 0 bridgehead atoms. The molecule has 1 fully saturated rings. The van der Waals surface area contributed by atoms with Crippen molar-refractivity contribution in [3.8, 4) is 0 Å². The Balaban J connectivity index is 2.76. The van der Waals surface area contributed by atoms with Crippen molar-refractivity contribution in [1.29, 1.82) is 0 Å². The van der Waals surface area contributed by atoms with Crippen LogP contribution in [0.1, 0.15) is 26.7 Å². The second-order valence-corrected chi connectivity index (χ2v) is 5.72. The molecule has 1 aliphatic carbocycles. The van der Waals surface area contributed by atoms with Crippen LogP contribution in [-0.2, 0) is 20.3 Å². The highest BCUT2D eigenvalue weighted by Gasteiger charge is 2.55. The highest BCUT2D eigenvalue weighted by molar-refractivity contribution is 7.80. The maximum Gasteiger partial charge on any atom is 0.296 e. The lowest BCUT2D eigenvalue weighted by atomic mass is 9.92. The average Bonchev–Trinajstić information content (AvgIpc) is 2.57. The Bertz CT molecular complexity index is 288. The van der Waals surface area contributed by atoms with Gasteiger partial charge in [-0.05, 0) is 24.7 Å². The molecule has 3 nitrogen and oxygen atoms in total. The monoisotopic (exact) mass is 274 g/mol. The molecule has 0 spiro atoms. The Kier molecular flexibility index (Phi) is 4.97. The van der Waals surface area contributed by atoms with Crippen molar-refractivity contribution in [2.24, 2.45) is 17.8 Å². The van der Waals surface area contributed by atoms with E-state index in [1.54, 1.807) is 6.92 Å². The van der Waals surface area contributed by atoms with Crippen molar-refractivity contribution >= 4 is 11.1 Å². The van der Waals surface area contributed by atoms with Crippen molar-refractivity contribution < 1.29 is 26.6 Å². The van der Waals surface area contributed by atoms with Crippen LogP contribution in [0.4, 0.5) is 13.2 Å².